The van der Waals surface area contributed by atoms with E-state index in [1.54, 1.807) is 0 Å². The van der Waals surface area contributed by atoms with Crippen molar-refractivity contribution < 1.29 is 51.1 Å². The van der Waals surface area contributed by atoms with Crippen molar-refractivity contribution in [2.75, 3.05) is 0 Å². The van der Waals surface area contributed by atoms with E-state index < -0.39 is 18.0 Å². The Bertz CT molecular complexity index is 123. The number of carbonyl (C=O) groups is 2. The Morgan fingerprint density at radius 3 is 1.33 bits per heavy atom. The fourth-order valence-corrected chi connectivity index (χ4v) is 0. The van der Waals surface area contributed by atoms with Crippen LogP contribution in [-0.2, 0) is 35.8 Å². The quantitative estimate of drug-likeness (QED) is 0.509. The first-order valence-electron chi connectivity index (χ1n) is 2.48. The van der Waals surface area contributed by atoms with Crippen LogP contribution in [0.25, 0.3) is 0 Å². The summed E-state index contributed by atoms with van der Waals surface area (Å²) in [6, 6.07) is 0. The van der Waals surface area contributed by atoms with Gasteiger partial charge in [0.15, 0.2) is 0 Å². The van der Waals surface area contributed by atoms with Gasteiger partial charge in [0.2, 0.25) is 0 Å². The molecule has 0 rings (SSSR count). The van der Waals surface area contributed by atoms with Crippen LogP contribution in [0.3, 0.4) is 0 Å². The molecule has 0 aliphatic rings. The summed E-state index contributed by atoms with van der Waals surface area (Å²) >= 11 is 0. The second-order valence-corrected chi connectivity index (χ2v) is 1.53. The Morgan fingerprint density at radius 2 is 1.33 bits per heavy atom. The third kappa shape index (κ3) is 46.5. The zero-order valence-corrected chi connectivity index (χ0v) is 8.69. The number of hydrogen-bond acceptors (Lipinski definition) is 3. The van der Waals surface area contributed by atoms with Crippen LogP contribution in [0.1, 0.15) is 13.8 Å². The van der Waals surface area contributed by atoms with Gasteiger partial charge in [-0.25, -0.2) is 4.79 Å². The largest absolute Gasteiger partial charge is 0.481 e. The number of carboxylic acids is 2. The monoisotopic (exact) mass is 266 g/mol. The minimum atomic E-state index is -1.23. The molecule has 0 bridgehead atoms. The van der Waals surface area contributed by atoms with Crippen LogP contribution in [0.15, 0.2) is 0 Å². The molecule has 5 nitrogen and oxygen atoms in total. The normalized spacial score (nSPS) is 8.92. The molecule has 0 amide bonds. The number of aliphatic hydroxyl groups excluding tert-OH is 1. The van der Waals surface area contributed by atoms with E-state index in [0.717, 1.165) is 6.92 Å². The predicted molar refractivity (Wildman–Crippen MR) is 41.2 cm³/mol. The molecule has 0 aliphatic carbocycles. The van der Waals surface area contributed by atoms with Gasteiger partial charge in [-0.3, -0.25) is 4.79 Å². The van der Waals surface area contributed by atoms with E-state index in [0.29, 0.717) is 0 Å². The van der Waals surface area contributed by atoms with Crippen molar-refractivity contribution >= 4 is 35.0 Å². The molecule has 0 spiro atoms. The van der Waals surface area contributed by atoms with Crippen molar-refractivity contribution in [2.45, 2.75) is 20.0 Å². The Kier molecular flexibility index (Phi) is 26.9. The zero-order valence-electron chi connectivity index (χ0n) is 6.24. The van der Waals surface area contributed by atoms with E-state index in [1.165, 1.54) is 6.92 Å². The van der Waals surface area contributed by atoms with E-state index in [-0.39, 0.29) is 49.3 Å². The summed E-state index contributed by atoms with van der Waals surface area (Å²) in [4.78, 5) is 18.4. The van der Waals surface area contributed by atoms with Crippen molar-refractivity contribution in [3.05, 3.63) is 0 Å². The van der Waals surface area contributed by atoms with E-state index in [4.69, 9.17) is 20.1 Å². The van der Waals surface area contributed by atoms with E-state index >= 15 is 0 Å². The van der Waals surface area contributed by atoms with Gasteiger partial charge in [-0.05, 0) is 6.92 Å². The van der Waals surface area contributed by atoms with Crippen LogP contribution < -0.4 is 0 Å². The maximum atomic E-state index is 9.45. The molecule has 0 radical (unpaired) electrons. The molecule has 12 heavy (non-hydrogen) atoms. The molecule has 0 saturated carbocycles. The Hall–Kier alpha value is 0.549. The summed E-state index contributed by atoms with van der Waals surface area (Å²) in [5, 5.41) is 23.2. The minimum absolute atomic E-state index is 0. The molecular formula is C5H12MgO5Zr. The minimum Gasteiger partial charge on any atom is -0.481 e. The molecule has 0 fully saturated rings. The predicted octanol–water partition coefficient (Wildman–Crippen LogP) is -1.38. The van der Waals surface area contributed by atoms with Crippen molar-refractivity contribution in [1.82, 2.24) is 0 Å². The third-order valence-electron chi connectivity index (χ3n) is 0.357. The first-order valence-corrected chi connectivity index (χ1v) is 2.48. The van der Waals surface area contributed by atoms with Gasteiger partial charge in [0.1, 0.15) is 6.10 Å². The van der Waals surface area contributed by atoms with Crippen molar-refractivity contribution in [3.8, 4) is 0 Å². The fourth-order valence-electron chi connectivity index (χ4n) is 0. The Balaban J connectivity index is -0.0000000483. The average Bonchev–Trinajstić information content (AvgIpc) is 1.63. The Labute approximate surface area is 105 Å². The fraction of sp³-hybridized carbons (Fsp3) is 0.600. The van der Waals surface area contributed by atoms with Crippen LogP contribution in [0.2, 0.25) is 0 Å². The van der Waals surface area contributed by atoms with Gasteiger partial charge in [-0.1, -0.05) is 0 Å². The summed E-state index contributed by atoms with van der Waals surface area (Å²) in [5.41, 5.74) is 0. The standard InChI is InChI=1S/C3H6O3.C2H4O2.Mg.Zr.2H/c1-2(4)3(5)6;1-2(3)4;;;;/h2,4H,1H3,(H,5,6);1H3,(H,3,4);;;;. The van der Waals surface area contributed by atoms with Crippen LogP contribution >= 0.6 is 0 Å². The molecule has 0 saturated heterocycles. The van der Waals surface area contributed by atoms with Crippen LogP contribution in [0.4, 0.5) is 0 Å². The van der Waals surface area contributed by atoms with Gasteiger partial charge < -0.3 is 15.3 Å². The molecule has 0 aromatic heterocycles. The van der Waals surface area contributed by atoms with Crippen molar-refractivity contribution in [1.29, 1.82) is 0 Å². The molecule has 1 atom stereocenters. The SMILES string of the molecule is CC(=O)O.CC(O)C(=O)O.[MgH2].[Zr]. The summed E-state index contributed by atoms with van der Waals surface area (Å²) in [6.07, 6.45) is -1.23. The molecule has 0 aromatic carbocycles. The number of rotatable bonds is 1. The smallest absolute Gasteiger partial charge is 0.332 e. The van der Waals surface area contributed by atoms with Gasteiger partial charge in [0.25, 0.3) is 5.97 Å². The topological polar surface area (TPSA) is 94.8 Å². The molecule has 0 aromatic rings. The molecular weight excluding hydrogens is 256 g/mol. The van der Waals surface area contributed by atoms with Gasteiger partial charge in [-0.15, -0.1) is 0 Å². The van der Waals surface area contributed by atoms with Gasteiger partial charge in [0.05, 0.1) is 0 Å². The maximum absolute atomic E-state index is 9.45. The summed E-state index contributed by atoms with van der Waals surface area (Å²) in [7, 11) is 0. The van der Waals surface area contributed by atoms with E-state index in [9.17, 15) is 4.79 Å². The van der Waals surface area contributed by atoms with Crippen LogP contribution in [-0.4, -0.2) is 56.4 Å². The first-order chi connectivity index (χ1) is 4.37. The molecule has 7 heteroatoms. The summed E-state index contributed by atoms with van der Waals surface area (Å²) in [6.45, 7) is 2.28. The first kappa shape index (κ1) is 22.9. The van der Waals surface area contributed by atoms with Crippen molar-refractivity contribution in [2.24, 2.45) is 0 Å². The summed E-state index contributed by atoms with van der Waals surface area (Å²) in [5.74, 6) is -2.02. The number of hydrogen-bond donors (Lipinski definition) is 3. The second-order valence-electron chi connectivity index (χ2n) is 1.53. The second kappa shape index (κ2) is 14.1. The maximum Gasteiger partial charge on any atom is 0.332 e. The molecule has 68 valence electrons. The third-order valence-corrected chi connectivity index (χ3v) is 0.357. The van der Waals surface area contributed by atoms with Gasteiger partial charge in [0, 0.05) is 33.1 Å². The molecule has 0 aliphatic heterocycles. The van der Waals surface area contributed by atoms with Gasteiger partial charge >= 0.3 is 29.0 Å². The molecule has 3 N–H and O–H groups in total. The molecule has 1 unspecified atom stereocenters. The van der Waals surface area contributed by atoms with E-state index in [2.05, 4.69) is 0 Å². The number of carboxylic acid groups (broad SMARTS) is 2. The van der Waals surface area contributed by atoms with Crippen LogP contribution in [0, 0.1) is 0 Å². The summed E-state index contributed by atoms with van der Waals surface area (Å²) < 4.78 is 0. The zero-order chi connectivity index (χ0) is 8.73. The average molecular weight is 268 g/mol. The van der Waals surface area contributed by atoms with Crippen molar-refractivity contribution in [3.63, 3.8) is 0 Å². The Morgan fingerprint density at radius 1 is 1.25 bits per heavy atom. The number of aliphatic carboxylic acids is 2. The van der Waals surface area contributed by atoms with Crippen LogP contribution in [0.5, 0.6) is 0 Å². The van der Waals surface area contributed by atoms with E-state index in [1.807, 2.05) is 0 Å². The van der Waals surface area contributed by atoms with Gasteiger partial charge in [-0.2, -0.15) is 0 Å². The molecule has 0 heterocycles. The number of aliphatic hydroxyl groups is 1.